The van der Waals surface area contributed by atoms with Gasteiger partial charge >= 0.3 is 5.97 Å². The van der Waals surface area contributed by atoms with Gasteiger partial charge in [-0.1, -0.05) is 19.4 Å². The van der Waals surface area contributed by atoms with Crippen LogP contribution >= 0.6 is 0 Å². The van der Waals surface area contributed by atoms with Crippen molar-refractivity contribution in [1.82, 2.24) is 15.5 Å². The van der Waals surface area contributed by atoms with Crippen LogP contribution in [-0.4, -0.2) is 78.5 Å². The van der Waals surface area contributed by atoms with Crippen LogP contribution in [0.25, 0.3) is 0 Å². The van der Waals surface area contributed by atoms with E-state index in [1.54, 1.807) is 0 Å². The Morgan fingerprint density at radius 2 is 1.90 bits per heavy atom. The molecule has 0 aromatic heterocycles. The normalized spacial score (nSPS) is 37.2. The third-order valence-corrected chi connectivity index (χ3v) is 11.4. The number of amides is 1. The Balaban J connectivity index is 1.09. The van der Waals surface area contributed by atoms with E-state index in [0.29, 0.717) is 31.2 Å². The number of nitrogens with zero attached hydrogens (tertiary/aromatic N) is 1. The Kier molecular flexibility index (Phi) is 8.56. The number of ether oxygens (including phenoxy) is 1. The van der Waals surface area contributed by atoms with E-state index in [0.717, 1.165) is 71.2 Å². The zero-order chi connectivity index (χ0) is 28.5. The topological polar surface area (TPSA) is 125 Å². The molecule has 0 aromatic rings. The zero-order valence-corrected chi connectivity index (χ0v) is 24.3. The molecule has 0 bridgehead atoms. The van der Waals surface area contributed by atoms with Crippen molar-refractivity contribution >= 4 is 23.4 Å². The van der Waals surface area contributed by atoms with Crippen LogP contribution in [0.2, 0.25) is 0 Å². The molecule has 222 valence electrons. The molecule has 5 aliphatic rings. The van der Waals surface area contributed by atoms with Crippen molar-refractivity contribution in [1.29, 1.82) is 0 Å². The third kappa shape index (κ3) is 5.41. The molecule has 40 heavy (non-hydrogen) atoms. The van der Waals surface area contributed by atoms with Gasteiger partial charge in [-0.2, -0.15) is 0 Å². The van der Waals surface area contributed by atoms with Crippen LogP contribution in [-0.2, 0) is 23.9 Å². The Morgan fingerprint density at radius 3 is 2.67 bits per heavy atom. The molecule has 1 heterocycles. The van der Waals surface area contributed by atoms with Crippen LogP contribution in [0.1, 0.15) is 84.5 Å². The largest absolute Gasteiger partial charge is 0.458 e. The average Bonchev–Trinajstić information content (AvgIpc) is 3.55. The number of hydrogen-bond acceptors (Lipinski definition) is 8. The fourth-order valence-corrected chi connectivity index (χ4v) is 8.95. The zero-order valence-electron chi connectivity index (χ0n) is 24.3. The first-order valence-electron chi connectivity index (χ1n) is 15.4. The predicted molar refractivity (Wildman–Crippen MR) is 149 cm³/mol. The van der Waals surface area contributed by atoms with E-state index >= 15 is 0 Å². The number of ketones is 2. The molecule has 3 N–H and O–H groups in total. The van der Waals surface area contributed by atoms with Crippen molar-refractivity contribution in [3.63, 3.8) is 0 Å². The van der Waals surface area contributed by atoms with Gasteiger partial charge in [0.05, 0.1) is 6.42 Å². The number of allylic oxidation sites excluding steroid dienone is 1. The Morgan fingerprint density at radius 1 is 1.10 bits per heavy atom. The summed E-state index contributed by atoms with van der Waals surface area (Å²) in [5.41, 5.74) is -0.718. The van der Waals surface area contributed by atoms with E-state index in [1.807, 2.05) is 6.08 Å². The molecule has 0 aromatic carbocycles. The molecule has 9 heteroatoms. The number of nitrogens with one attached hydrogen (secondary N) is 2. The standard InChI is InChI=1S/C31H47N3O6/c1-29-11-8-22(35)18-21(29)4-5-23-24(29)9-12-30(2)25(23)10-13-31(30,39)26(36)19-40-28(38)7-6-27(37)33-14-3-16-34-17-15-32-20-34/h18,23-25,32,39H,3-17,19-20H2,1-2H3,(H,33,37)/t23-,24-,25+,29-,30+,31-/m0/s1. The maximum atomic E-state index is 13.4. The van der Waals surface area contributed by atoms with E-state index in [-0.39, 0.29) is 35.9 Å². The van der Waals surface area contributed by atoms with Gasteiger partial charge in [-0.3, -0.25) is 24.1 Å². The van der Waals surface area contributed by atoms with Gasteiger partial charge in [0, 0.05) is 51.1 Å². The minimum atomic E-state index is -1.51. The number of aliphatic hydroxyl groups is 1. The summed E-state index contributed by atoms with van der Waals surface area (Å²) < 4.78 is 5.27. The van der Waals surface area contributed by atoms with Crippen LogP contribution in [0, 0.1) is 28.6 Å². The van der Waals surface area contributed by atoms with Gasteiger partial charge < -0.3 is 20.5 Å². The lowest BCUT2D eigenvalue weighted by atomic mass is 9.46. The van der Waals surface area contributed by atoms with Crippen molar-refractivity contribution in [3.05, 3.63) is 11.6 Å². The summed E-state index contributed by atoms with van der Waals surface area (Å²) in [6, 6.07) is 0. The molecule has 5 rings (SSSR count). The maximum absolute atomic E-state index is 13.4. The first-order chi connectivity index (χ1) is 19.1. The lowest BCUT2D eigenvalue weighted by Crippen LogP contribution is -2.58. The highest BCUT2D eigenvalue weighted by Crippen LogP contribution is 2.67. The lowest BCUT2D eigenvalue weighted by Gasteiger charge is -2.58. The highest BCUT2D eigenvalue weighted by atomic mass is 16.5. The fourth-order valence-electron chi connectivity index (χ4n) is 8.95. The van der Waals surface area contributed by atoms with Gasteiger partial charge in [0.2, 0.25) is 11.7 Å². The van der Waals surface area contributed by atoms with E-state index in [9.17, 15) is 24.3 Å². The van der Waals surface area contributed by atoms with Gasteiger partial charge in [-0.25, -0.2) is 0 Å². The van der Waals surface area contributed by atoms with Crippen LogP contribution < -0.4 is 10.6 Å². The molecule has 6 atom stereocenters. The van der Waals surface area contributed by atoms with E-state index in [1.165, 1.54) is 5.57 Å². The van der Waals surface area contributed by atoms with Crippen LogP contribution in [0.15, 0.2) is 11.6 Å². The van der Waals surface area contributed by atoms with Gasteiger partial charge in [0.1, 0.15) is 5.60 Å². The predicted octanol–water partition coefficient (Wildman–Crippen LogP) is 2.51. The van der Waals surface area contributed by atoms with Crippen LogP contribution in [0.4, 0.5) is 0 Å². The van der Waals surface area contributed by atoms with Crippen molar-refractivity contribution in [2.24, 2.45) is 28.6 Å². The van der Waals surface area contributed by atoms with Gasteiger partial charge in [-0.05, 0) is 80.6 Å². The molecule has 1 saturated heterocycles. The second-order valence-electron chi connectivity index (χ2n) is 13.4. The van der Waals surface area contributed by atoms with E-state index in [2.05, 4.69) is 29.4 Å². The second-order valence-corrected chi connectivity index (χ2v) is 13.4. The molecule has 3 saturated carbocycles. The summed E-state index contributed by atoms with van der Waals surface area (Å²) in [6.07, 6.45) is 8.96. The van der Waals surface area contributed by atoms with Crippen molar-refractivity contribution in [3.8, 4) is 0 Å². The van der Waals surface area contributed by atoms with Gasteiger partial charge in [0.15, 0.2) is 12.4 Å². The lowest BCUT2D eigenvalue weighted by molar-refractivity contribution is -0.170. The molecular weight excluding hydrogens is 510 g/mol. The Hall–Kier alpha value is -2.10. The number of carbonyl (C=O) groups is 4. The fraction of sp³-hybridized carbons (Fsp3) is 0.806. The molecule has 0 spiro atoms. The first-order valence-corrected chi connectivity index (χ1v) is 15.4. The molecular formula is C31H47N3O6. The number of hydrogen-bond donors (Lipinski definition) is 3. The summed E-state index contributed by atoms with van der Waals surface area (Å²) in [5.74, 6) is 0.152. The van der Waals surface area contributed by atoms with Gasteiger partial charge in [-0.15, -0.1) is 0 Å². The number of fused-ring (bicyclic) bond motifs is 5. The number of carbonyl (C=O) groups excluding carboxylic acids is 4. The highest BCUT2D eigenvalue weighted by molar-refractivity contribution is 5.92. The molecule has 0 radical (unpaired) electrons. The molecule has 1 amide bonds. The smallest absolute Gasteiger partial charge is 0.306 e. The maximum Gasteiger partial charge on any atom is 0.306 e. The Labute approximate surface area is 237 Å². The van der Waals surface area contributed by atoms with Crippen molar-refractivity contribution in [2.45, 2.75) is 90.1 Å². The second kappa shape index (κ2) is 11.6. The Bertz CT molecular complexity index is 1050. The van der Waals surface area contributed by atoms with Crippen LogP contribution in [0.3, 0.4) is 0 Å². The SMILES string of the molecule is C[C@]12CCC(=O)C=C1CC[C@@H]1[C@H]3CC[C@](O)(C(=O)COC(=O)CCC(=O)NCCCN4CCNC4)[C@]3(C)CC[C@@H]12. The number of esters is 1. The number of Topliss-reactive ketones (excluding diaryl/α,β-unsaturated/α-hetero) is 1. The summed E-state index contributed by atoms with van der Waals surface area (Å²) in [7, 11) is 0. The molecule has 9 nitrogen and oxygen atoms in total. The highest BCUT2D eigenvalue weighted by Gasteiger charge is 2.66. The summed E-state index contributed by atoms with van der Waals surface area (Å²) in [6.45, 7) is 8.31. The first kappa shape index (κ1) is 29.4. The molecule has 0 unspecified atom stereocenters. The molecule has 4 fully saturated rings. The van der Waals surface area contributed by atoms with Gasteiger partial charge in [0.25, 0.3) is 0 Å². The quantitative estimate of drug-likeness (QED) is 0.277. The average molecular weight is 558 g/mol. The minimum Gasteiger partial charge on any atom is -0.458 e. The van der Waals surface area contributed by atoms with Crippen molar-refractivity contribution in [2.75, 3.05) is 39.5 Å². The molecule has 4 aliphatic carbocycles. The van der Waals surface area contributed by atoms with Crippen LogP contribution in [0.5, 0.6) is 0 Å². The summed E-state index contributed by atoms with van der Waals surface area (Å²) in [4.78, 5) is 52.2. The summed E-state index contributed by atoms with van der Waals surface area (Å²) >= 11 is 0. The number of rotatable bonds is 10. The van der Waals surface area contributed by atoms with E-state index in [4.69, 9.17) is 4.74 Å². The molecule has 1 aliphatic heterocycles. The third-order valence-electron chi connectivity index (χ3n) is 11.4. The monoisotopic (exact) mass is 557 g/mol. The van der Waals surface area contributed by atoms with Crippen molar-refractivity contribution < 1.29 is 29.0 Å². The summed E-state index contributed by atoms with van der Waals surface area (Å²) in [5, 5.41) is 17.9. The van der Waals surface area contributed by atoms with E-state index < -0.39 is 29.4 Å². The minimum absolute atomic E-state index is 0.0201.